The Morgan fingerprint density at radius 2 is 1.93 bits per heavy atom. The maximum atomic E-state index is 11.2. The molecule has 1 heterocycles. The summed E-state index contributed by atoms with van der Waals surface area (Å²) in [4.78, 5) is 33.8. The van der Waals surface area contributed by atoms with Crippen LogP contribution in [0.5, 0.6) is 0 Å². The number of carbonyl (C=O) groups excluding carboxylic acids is 2. The van der Waals surface area contributed by atoms with Gasteiger partial charge in [-0.3, -0.25) is 19.3 Å². The molecule has 0 aromatic carbocycles. The monoisotopic (exact) mass is 217 g/mol. The molecule has 1 N–H and O–H groups in total. The van der Waals surface area contributed by atoms with Gasteiger partial charge in [0, 0.05) is 13.0 Å². The predicted octanol–water partition coefficient (Wildman–Crippen LogP) is -0.0468. The van der Waals surface area contributed by atoms with Crippen molar-refractivity contribution in [3.05, 3.63) is 0 Å². The van der Waals surface area contributed by atoms with Crippen molar-refractivity contribution < 1.29 is 19.5 Å². The summed E-state index contributed by atoms with van der Waals surface area (Å²) in [7, 11) is 0. The first-order chi connectivity index (χ1) is 6.61. The lowest BCUT2D eigenvalue weighted by atomic mass is 10.3. The number of nitrogens with zero attached hydrogens (tertiary/aromatic N) is 1. The summed E-state index contributed by atoms with van der Waals surface area (Å²) in [6, 6.07) is 0. The van der Waals surface area contributed by atoms with Gasteiger partial charge < -0.3 is 5.11 Å². The fourth-order valence-corrected chi connectivity index (χ4v) is 1.92. The number of rotatable bonds is 4. The van der Waals surface area contributed by atoms with E-state index in [9.17, 15) is 14.4 Å². The third-order valence-electron chi connectivity index (χ3n) is 1.83. The van der Waals surface area contributed by atoms with E-state index < -0.39 is 5.97 Å². The number of carboxylic acid groups (broad SMARTS) is 1. The number of thioether (sulfide) groups is 1. The standard InChI is InChI=1S/C8H11NO4S/c10-6-4-14-5-7(11)9(6)3-1-2-8(12)13/h1-5H2,(H,12,13). The van der Waals surface area contributed by atoms with E-state index in [1.165, 1.54) is 11.8 Å². The molecule has 1 rings (SSSR count). The molecule has 1 fully saturated rings. The van der Waals surface area contributed by atoms with Gasteiger partial charge in [-0.05, 0) is 6.42 Å². The third kappa shape index (κ3) is 3.02. The van der Waals surface area contributed by atoms with Gasteiger partial charge in [-0.2, -0.15) is 0 Å². The topological polar surface area (TPSA) is 74.7 Å². The highest BCUT2D eigenvalue weighted by molar-refractivity contribution is 8.00. The molecular weight excluding hydrogens is 206 g/mol. The lowest BCUT2D eigenvalue weighted by Gasteiger charge is -2.24. The van der Waals surface area contributed by atoms with E-state index in [1.807, 2.05) is 0 Å². The van der Waals surface area contributed by atoms with Crippen LogP contribution in [0.4, 0.5) is 0 Å². The summed E-state index contributed by atoms with van der Waals surface area (Å²) in [5, 5.41) is 8.38. The maximum absolute atomic E-state index is 11.2. The van der Waals surface area contributed by atoms with Crippen LogP contribution in [-0.2, 0) is 14.4 Å². The van der Waals surface area contributed by atoms with Crippen LogP contribution in [-0.4, -0.2) is 45.8 Å². The van der Waals surface area contributed by atoms with Gasteiger partial charge in [-0.15, -0.1) is 11.8 Å². The zero-order valence-corrected chi connectivity index (χ0v) is 8.38. The van der Waals surface area contributed by atoms with E-state index in [-0.39, 0.29) is 24.8 Å². The highest BCUT2D eigenvalue weighted by atomic mass is 32.2. The minimum absolute atomic E-state index is 0.00972. The number of hydrogen-bond acceptors (Lipinski definition) is 4. The molecule has 1 saturated heterocycles. The SMILES string of the molecule is O=C(O)CCCN1C(=O)CSCC1=O. The smallest absolute Gasteiger partial charge is 0.303 e. The molecule has 1 aliphatic rings. The van der Waals surface area contributed by atoms with Crippen molar-refractivity contribution in [2.45, 2.75) is 12.8 Å². The molecule has 0 saturated carbocycles. The van der Waals surface area contributed by atoms with E-state index in [0.717, 1.165) is 4.90 Å². The van der Waals surface area contributed by atoms with Crippen molar-refractivity contribution in [2.75, 3.05) is 18.1 Å². The number of carboxylic acids is 1. The van der Waals surface area contributed by atoms with E-state index in [0.29, 0.717) is 17.9 Å². The Morgan fingerprint density at radius 3 is 2.43 bits per heavy atom. The predicted molar refractivity (Wildman–Crippen MR) is 50.9 cm³/mol. The van der Waals surface area contributed by atoms with E-state index in [1.54, 1.807) is 0 Å². The highest BCUT2D eigenvalue weighted by Crippen LogP contribution is 2.12. The second-order valence-corrected chi connectivity index (χ2v) is 3.91. The minimum atomic E-state index is -0.906. The molecule has 1 aliphatic heterocycles. The van der Waals surface area contributed by atoms with Crippen LogP contribution in [0.3, 0.4) is 0 Å². The van der Waals surface area contributed by atoms with E-state index in [4.69, 9.17) is 5.11 Å². The van der Waals surface area contributed by atoms with Crippen molar-refractivity contribution >= 4 is 29.5 Å². The van der Waals surface area contributed by atoms with Gasteiger partial charge in [0.05, 0.1) is 11.5 Å². The van der Waals surface area contributed by atoms with Crippen LogP contribution in [0.1, 0.15) is 12.8 Å². The Labute approximate surface area is 85.4 Å². The first-order valence-corrected chi connectivity index (χ1v) is 5.39. The number of carbonyl (C=O) groups is 3. The zero-order valence-electron chi connectivity index (χ0n) is 7.56. The summed E-state index contributed by atoms with van der Waals surface area (Å²) in [6.45, 7) is 0.227. The molecule has 78 valence electrons. The average molecular weight is 217 g/mol. The summed E-state index contributed by atoms with van der Waals surface area (Å²) in [5.74, 6) is -0.693. The fourth-order valence-electron chi connectivity index (χ4n) is 1.16. The van der Waals surface area contributed by atoms with Gasteiger partial charge in [-0.25, -0.2) is 0 Å². The Kier molecular flexibility index (Phi) is 3.94. The van der Waals surface area contributed by atoms with Gasteiger partial charge in [0.25, 0.3) is 0 Å². The Balaban J connectivity index is 2.37. The molecule has 14 heavy (non-hydrogen) atoms. The van der Waals surface area contributed by atoms with E-state index >= 15 is 0 Å². The number of amides is 2. The largest absolute Gasteiger partial charge is 0.481 e. The number of imide groups is 1. The normalized spacial score (nSPS) is 17.3. The molecule has 0 radical (unpaired) electrons. The molecule has 0 spiro atoms. The van der Waals surface area contributed by atoms with E-state index in [2.05, 4.69) is 0 Å². The Bertz CT molecular complexity index is 250. The average Bonchev–Trinajstić information content (AvgIpc) is 2.09. The zero-order chi connectivity index (χ0) is 10.6. The minimum Gasteiger partial charge on any atom is -0.481 e. The van der Waals surface area contributed by atoms with Gasteiger partial charge in [-0.1, -0.05) is 0 Å². The summed E-state index contributed by atoms with van der Waals surface area (Å²) < 4.78 is 0. The van der Waals surface area contributed by atoms with Crippen LogP contribution < -0.4 is 0 Å². The number of hydrogen-bond donors (Lipinski definition) is 1. The fraction of sp³-hybridized carbons (Fsp3) is 0.625. The lowest BCUT2D eigenvalue weighted by molar-refractivity contribution is -0.143. The molecule has 0 aliphatic carbocycles. The molecular formula is C8H11NO4S. The summed E-state index contributed by atoms with van der Waals surface area (Å²) >= 11 is 1.30. The second kappa shape index (κ2) is 4.99. The van der Waals surface area contributed by atoms with Crippen LogP contribution in [0, 0.1) is 0 Å². The van der Waals surface area contributed by atoms with Crippen molar-refractivity contribution in [1.82, 2.24) is 4.90 Å². The Morgan fingerprint density at radius 1 is 1.36 bits per heavy atom. The van der Waals surface area contributed by atoms with Gasteiger partial charge in [0.2, 0.25) is 11.8 Å². The summed E-state index contributed by atoms with van der Waals surface area (Å²) in [6.07, 6.45) is 0.321. The van der Waals surface area contributed by atoms with Gasteiger partial charge in [0.1, 0.15) is 0 Å². The molecule has 6 heteroatoms. The van der Waals surface area contributed by atoms with Crippen LogP contribution in [0.2, 0.25) is 0 Å². The molecule has 0 bridgehead atoms. The van der Waals surface area contributed by atoms with Crippen molar-refractivity contribution in [3.8, 4) is 0 Å². The van der Waals surface area contributed by atoms with Crippen LogP contribution in [0.15, 0.2) is 0 Å². The van der Waals surface area contributed by atoms with Crippen molar-refractivity contribution in [1.29, 1.82) is 0 Å². The third-order valence-corrected chi connectivity index (χ3v) is 2.73. The quantitative estimate of drug-likeness (QED) is 0.668. The van der Waals surface area contributed by atoms with Gasteiger partial charge >= 0.3 is 5.97 Å². The first-order valence-electron chi connectivity index (χ1n) is 4.24. The highest BCUT2D eigenvalue weighted by Gasteiger charge is 2.25. The summed E-state index contributed by atoms with van der Waals surface area (Å²) in [5.41, 5.74) is 0. The molecule has 2 amide bonds. The Hall–Kier alpha value is -1.04. The molecule has 0 aromatic heterocycles. The molecule has 0 unspecified atom stereocenters. The molecule has 0 atom stereocenters. The molecule has 5 nitrogen and oxygen atoms in total. The van der Waals surface area contributed by atoms with Gasteiger partial charge in [0.15, 0.2) is 0 Å². The number of aliphatic carboxylic acids is 1. The second-order valence-electron chi connectivity index (χ2n) is 2.93. The van der Waals surface area contributed by atoms with Crippen LogP contribution >= 0.6 is 11.8 Å². The van der Waals surface area contributed by atoms with Crippen molar-refractivity contribution in [2.24, 2.45) is 0 Å². The van der Waals surface area contributed by atoms with Crippen LogP contribution in [0.25, 0.3) is 0 Å². The molecule has 0 aromatic rings. The lowest BCUT2D eigenvalue weighted by Crippen LogP contribution is -2.43. The maximum Gasteiger partial charge on any atom is 0.303 e. The first kappa shape index (κ1) is 11.0. The van der Waals surface area contributed by atoms with Crippen molar-refractivity contribution in [3.63, 3.8) is 0 Å².